The van der Waals surface area contributed by atoms with E-state index in [0.29, 0.717) is 29.7 Å². The van der Waals surface area contributed by atoms with E-state index < -0.39 is 6.36 Å². The maximum Gasteiger partial charge on any atom is 0.573 e. The van der Waals surface area contributed by atoms with Gasteiger partial charge in [0, 0.05) is 19.2 Å². The van der Waals surface area contributed by atoms with Crippen LogP contribution >= 0.6 is 11.3 Å². The zero-order chi connectivity index (χ0) is 20.4. The minimum Gasteiger partial charge on any atom is -0.406 e. The number of hydrogen-bond acceptors (Lipinski definition) is 5. The van der Waals surface area contributed by atoms with Crippen LogP contribution in [0.4, 0.5) is 13.2 Å². The summed E-state index contributed by atoms with van der Waals surface area (Å²) in [5, 5.41) is 16.4. The first-order valence-electron chi connectivity index (χ1n) is 8.74. The first kappa shape index (κ1) is 19.2. The smallest absolute Gasteiger partial charge is 0.406 e. The number of nitrogens with zero attached hydrogens (tertiary/aromatic N) is 4. The van der Waals surface area contributed by atoms with Gasteiger partial charge in [0.2, 0.25) is 0 Å². The molecule has 2 aromatic carbocycles. The molecule has 6 nitrogen and oxygen atoms in total. The molecular formula is C19H16F3N5OS. The SMILES string of the molecule is N=c1sc2cc(OC(F)(F)F)ccc2n1CCn1cc(Cc2ccccc2)nn1. The van der Waals surface area contributed by atoms with Gasteiger partial charge in [-0.1, -0.05) is 46.9 Å². The molecule has 29 heavy (non-hydrogen) atoms. The van der Waals surface area contributed by atoms with Crippen molar-refractivity contribution in [3.05, 3.63) is 70.8 Å². The number of rotatable bonds is 6. The first-order chi connectivity index (χ1) is 13.9. The van der Waals surface area contributed by atoms with Gasteiger partial charge >= 0.3 is 6.36 Å². The molecule has 0 amide bonds. The van der Waals surface area contributed by atoms with Crippen LogP contribution in [0.5, 0.6) is 5.75 Å². The number of fused-ring (bicyclic) bond motifs is 1. The van der Waals surface area contributed by atoms with Gasteiger partial charge in [0.1, 0.15) is 5.75 Å². The molecule has 2 aromatic heterocycles. The standard InChI is InChI=1S/C19H16F3N5OS/c20-19(21,22)28-15-6-7-16-17(11-15)29-18(23)27(16)9-8-26-12-14(24-25-26)10-13-4-2-1-3-5-13/h1-7,11-12,23H,8-10H2. The Kier molecular flexibility index (Phi) is 5.10. The van der Waals surface area contributed by atoms with Gasteiger partial charge in [-0.25, -0.2) is 0 Å². The fourth-order valence-electron chi connectivity index (χ4n) is 3.02. The van der Waals surface area contributed by atoms with Crippen LogP contribution in [0, 0.1) is 5.41 Å². The molecule has 0 aliphatic heterocycles. The van der Waals surface area contributed by atoms with Gasteiger partial charge in [-0.2, -0.15) is 0 Å². The molecule has 0 fully saturated rings. The largest absolute Gasteiger partial charge is 0.573 e. The highest BCUT2D eigenvalue weighted by Gasteiger charge is 2.31. The molecule has 4 rings (SSSR count). The molecule has 4 aromatic rings. The van der Waals surface area contributed by atoms with Crippen LogP contribution in [0.15, 0.2) is 54.7 Å². The summed E-state index contributed by atoms with van der Waals surface area (Å²) < 4.78 is 45.1. The van der Waals surface area contributed by atoms with Crippen molar-refractivity contribution >= 4 is 21.6 Å². The lowest BCUT2D eigenvalue weighted by atomic mass is 10.1. The number of benzene rings is 2. The van der Waals surface area contributed by atoms with E-state index in [1.54, 1.807) is 9.25 Å². The second kappa shape index (κ2) is 7.70. The number of hydrogen-bond donors (Lipinski definition) is 1. The molecule has 2 heterocycles. The van der Waals surface area contributed by atoms with Crippen LogP contribution in [-0.4, -0.2) is 25.9 Å². The number of ether oxygens (including phenoxy) is 1. The highest BCUT2D eigenvalue weighted by molar-refractivity contribution is 7.16. The van der Waals surface area contributed by atoms with E-state index in [2.05, 4.69) is 15.0 Å². The summed E-state index contributed by atoms with van der Waals surface area (Å²) >= 11 is 1.10. The van der Waals surface area contributed by atoms with Crippen molar-refractivity contribution in [3.8, 4) is 5.75 Å². The Bertz CT molecular complexity index is 1180. The fraction of sp³-hybridized carbons (Fsp3) is 0.211. The normalized spacial score (nSPS) is 11.8. The Hall–Kier alpha value is -3.14. The average Bonchev–Trinajstić information content (AvgIpc) is 3.22. The molecule has 0 bridgehead atoms. The van der Waals surface area contributed by atoms with Crippen molar-refractivity contribution in [2.45, 2.75) is 25.9 Å². The van der Waals surface area contributed by atoms with E-state index in [-0.39, 0.29) is 10.6 Å². The van der Waals surface area contributed by atoms with Crippen molar-refractivity contribution < 1.29 is 17.9 Å². The third-order valence-electron chi connectivity index (χ3n) is 4.27. The molecule has 10 heteroatoms. The van der Waals surface area contributed by atoms with Crippen LogP contribution in [0.2, 0.25) is 0 Å². The molecule has 0 aliphatic rings. The Balaban J connectivity index is 1.47. The maximum atomic E-state index is 12.4. The summed E-state index contributed by atoms with van der Waals surface area (Å²) in [6.07, 6.45) is -2.20. The van der Waals surface area contributed by atoms with Crippen LogP contribution in [0.3, 0.4) is 0 Å². The zero-order valence-corrected chi connectivity index (χ0v) is 15.9. The Morgan fingerprint density at radius 1 is 1.07 bits per heavy atom. The van der Waals surface area contributed by atoms with Gasteiger partial charge in [0.05, 0.1) is 22.5 Å². The van der Waals surface area contributed by atoms with Crippen LogP contribution < -0.4 is 9.54 Å². The van der Waals surface area contributed by atoms with Crippen LogP contribution in [0.1, 0.15) is 11.3 Å². The molecule has 0 saturated carbocycles. The fourth-order valence-corrected chi connectivity index (χ4v) is 3.99. The van der Waals surface area contributed by atoms with Gasteiger partial charge in [-0.05, 0) is 23.8 Å². The van der Waals surface area contributed by atoms with Crippen molar-refractivity contribution in [1.82, 2.24) is 19.6 Å². The molecule has 0 unspecified atom stereocenters. The number of aryl methyl sites for hydroxylation is 2. The van der Waals surface area contributed by atoms with E-state index in [1.165, 1.54) is 18.2 Å². The maximum absolute atomic E-state index is 12.4. The number of thiazole rings is 1. The second-order valence-electron chi connectivity index (χ2n) is 6.37. The molecule has 0 saturated heterocycles. The second-order valence-corrected chi connectivity index (χ2v) is 7.40. The van der Waals surface area contributed by atoms with Crippen molar-refractivity contribution in [3.63, 3.8) is 0 Å². The van der Waals surface area contributed by atoms with Crippen molar-refractivity contribution in [2.75, 3.05) is 0 Å². The minimum absolute atomic E-state index is 0.244. The summed E-state index contributed by atoms with van der Waals surface area (Å²) in [7, 11) is 0. The van der Waals surface area contributed by atoms with E-state index >= 15 is 0 Å². The number of alkyl halides is 3. The Morgan fingerprint density at radius 2 is 1.86 bits per heavy atom. The van der Waals surface area contributed by atoms with E-state index in [0.717, 1.165) is 22.6 Å². The lowest BCUT2D eigenvalue weighted by Crippen LogP contribution is -2.17. The molecule has 150 valence electrons. The molecular weight excluding hydrogens is 403 g/mol. The highest BCUT2D eigenvalue weighted by atomic mass is 32.1. The van der Waals surface area contributed by atoms with Crippen LogP contribution in [-0.2, 0) is 19.5 Å². The molecule has 0 spiro atoms. The minimum atomic E-state index is -4.74. The summed E-state index contributed by atoms with van der Waals surface area (Å²) in [5.41, 5.74) is 2.67. The number of aromatic nitrogens is 4. The van der Waals surface area contributed by atoms with Crippen LogP contribution in [0.25, 0.3) is 10.2 Å². The topological polar surface area (TPSA) is 68.7 Å². The summed E-state index contributed by atoms with van der Waals surface area (Å²) in [6.45, 7) is 0.942. The third kappa shape index (κ3) is 4.65. The Labute approximate surface area is 167 Å². The lowest BCUT2D eigenvalue weighted by Gasteiger charge is -2.09. The van der Waals surface area contributed by atoms with Gasteiger partial charge < -0.3 is 9.30 Å². The summed E-state index contributed by atoms with van der Waals surface area (Å²) in [6, 6.07) is 14.0. The van der Waals surface area contributed by atoms with Crippen molar-refractivity contribution in [1.29, 1.82) is 5.41 Å². The highest BCUT2D eigenvalue weighted by Crippen LogP contribution is 2.27. The summed E-state index contributed by atoms with van der Waals surface area (Å²) in [5.74, 6) is -0.291. The van der Waals surface area contributed by atoms with E-state index in [9.17, 15) is 13.2 Å². The third-order valence-corrected chi connectivity index (χ3v) is 5.23. The van der Waals surface area contributed by atoms with Gasteiger partial charge in [-0.15, -0.1) is 18.3 Å². The predicted molar refractivity (Wildman–Crippen MR) is 102 cm³/mol. The Morgan fingerprint density at radius 3 is 2.62 bits per heavy atom. The molecule has 1 N–H and O–H groups in total. The quantitative estimate of drug-likeness (QED) is 0.514. The summed E-state index contributed by atoms with van der Waals surface area (Å²) in [4.78, 5) is 0.244. The predicted octanol–water partition coefficient (Wildman–Crippen LogP) is 3.96. The van der Waals surface area contributed by atoms with Gasteiger partial charge in [0.25, 0.3) is 0 Å². The molecule has 0 atom stereocenters. The lowest BCUT2D eigenvalue weighted by molar-refractivity contribution is -0.274. The average molecular weight is 419 g/mol. The zero-order valence-electron chi connectivity index (χ0n) is 15.1. The van der Waals surface area contributed by atoms with Gasteiger partial charge in [-0.3, -0.25) is 10.1 Å². The van der Waals surface area contributed by atoms with Crippen molar-refractivity contribution in [2.24, 2.45) is 0 Å². The molecule has 0 aliphatic carbocycles. The number of nitrogens with one attached hydrogen (secondary N) is 1. The van der Waals surface area contributed by atoms with E-state index in [1.807, 2.05) is 36.5 Å². The molecule has 0 radical (unpaired) electrons. The van der Waals surface area contributed by atoms with Gasteiger partial charge in [0.15, 0.2) is 4.80 Å². The monoisotopic (exact) mass is 419 g/mol. The first-order valence-corrected chi connectivity index (χ1v) is 9.56. The number of halogens is 3. The van der Waals surface area contributed by atoms with E-state index in [4.69, 9.17) is 5.41 Å².